The molecule has 0 saturated carbocycles. The van der Waals surface area contributed by atoms with Crippen LogP contribution in [-0.2, 0) is 5.41 Å². The maximum Gasteiger partial charge on any atom is 1.00 e. The van der Waals surface area contributed by atoms with Gasteiger partial charge in [-0.2, -0.15) is 5.30 Å². The predicted octanol–water partition coefficient (Wildman–Crippen LogP) is 3.19. The van der Waals surface area contributed by atoms with Crippen molar-refractivity contribution in [2.45, 2.75) is 66.4 Å². The van der Waals surface area contributed by atoms with E-state index in [1.807, 2.05) is 38.1 Å². The summed E-state index contributed by atoms with van der Waals surface area (Å²) >= 11 is 0. The van der Waals surface area contributed by atoms with Crippen molar-refractivity contribution >= 4 is 19.4 Å². The van der Waals surface area contributed by atoms with Crippen LogP contribution in [0, 0.1) is 13.8 Å². The van der Waals surface area contributed by atoms with E-state index in [-0.39, 0.29) is 35.9 Å². The number of aryl methyl sites for hydroxylation is 2. The Morgan fingerprint density at radius 2 is 1.59 bits per heavy atom. The van der Waals surface area contributed by atoms with Crippen molar-refractivity contribution in [3.8, 4) is 5.75 Å². The number of rotatable bonds is 6. The molecular formula is C23H30LiO2P. The molecule has 2 rings (SSSR count). The summed E-state index contributed by atoms with van der Waals surface area (Å²) in [6.45, 7) is 14.8. The minimum absolute atomic E-state index is 0. The maximum absolute atomic E-state index is 12.9. The maximum atomic E-state index is 12.9. The van der Waals surface area contributed by atoms with Crippen LogP contribution in [0.15, 0.2) is 36.4 Å². The first-order chi connectivity index (χ1) is 12.1. The third kappa shape index (κ3) is 6.50. The minimum atomic E-state index is 0. The second kappa shape index (κ2) is 9.93. The topological polar surface area (TPSA) is 26.3 Å². The molecule has 27 heavy (non-hydrogen) atoms. The smallest absolute Gasteiger partial charge is 0.491 e. The van der Waals surface area contributed by atoms with Gasteiger partial charge in [-0.05, 0) is 67.0 Å². The van der Waals surface area contributed by atoms with Crippen LogP contribution < -0.4 is 28.9 Å². The number of carbonyl (C=O) groups is 1. The van der Waals surface area contributed by atoms with Gasteiger partial charge in [-0.15, -0.1) is 0 Å². The summed E-state index contributed by atoms with van der Waals surface area (Å²) in [5, 5.41) is 0.991. The largest absolute Gasteiger partial charge is 1.00 e. The Hall–Kier alpha value is -1.06. The fraction of sp³-hybridized carbons (Fsp3) is 0.435. The standard InChI is InChI=1S/C23H30O2P.Li/c1-8-17(4)25-19-9-11-20(12-10-19)26-22(24)21-15(2)13-18(14-16(21)3)23(5,6)7;/h9-14,17H,8H2,1-7H3;/q-1;+1. The molecule has 0 aliphatic heterocycles. The van der Waals surface area contributed by atoms with Gasteiger partial charge in [-0.1, -0.05) is 52.0 Å². The SMILES string of the molecule is CCC(C)Oc1ccc([P-]C(=O)c2c(C)cc(C(C)(C)C)cc2C)cc1.[Li+]. The van der Waals surface area contributed by atoms with E-state index in [0.29, 0.717) is 8.58 Å². The van der Waals surface area contributed by atoms with Crippen LogP contribution in [0.2, 0.25) is 0 Å². The van der Waals surface area contributed by atoms with Gasteiger partial charge in [0.05, 0.1) is 6.10 Å². The molecule has 0 N–H and O–H groups in total. The van der Waals surface area contributed by atoms with Crippen molar-refractivity contribution in [1.29, 1.82) is 0 Å². The summed E-state index contributed by atoms with van der Waals surface area (Å²) in [7, 11) is 0.704. The Bertz CT molecular complexity index is 753. The van der Waals surface area contributed by atoms with E-state index in [0.717, 1.165) is 34.2 Å². The van der Waals surface area contributed by atoms with Gasteiger partial charge in [0.1, 0.15) is 5.75 Å². The van der Waals surface area contributed by atoms with E-state index in [9.17, 15) is 4.79 Å². The molecule has 0 heterocycles. The first-order valence-electron chi connectivity index (χ1n) is 9.26. The summed E-state index contributed by atoms with van der Waals surface area (Å²) in [4.78, 5) is 12.9. The first-order valence-corrected chi connectivity index (χ1v) is 10.2. The van der Waals surface area contributed by atoms with Gasteiger partial charge in [0, 0.05) is 5.52 Å². The molecule has 0 aliphatic rings. The molecule has 2 aromatic rings. The Labute approximate surface area is 178 Å². The molecule has 0 spiro atoms. The summed E-state index contributed by atoms with van der Waals surface area (Å²) < 4.78 is 5.80. The van der Waals surface area contributed by atoms with E-state index in [4.69, 9.17) is 4.74 Å². The molecule has 0 aliphatic carbocycles. The third-order valence-corrected chi connectivity index (χ3v) is 5.58. The van der Waals surface area contributed by atoms with E-state index in [1.165, 1.54) is 5.56 Å². The quantitative estimate of drug-likeness (QED) is 0.572. The second-order valence-corrected chi connectivity index (χ2v) is 9.13. The molecule has 1 atom stereocenters. The Kier molecular flexibility index (Phi) is 8.82. The molecule has 2 nitrogen and oxygen atoms in total. The summed E-state index contributed by atoms with van der Waals surface area (Å²) in [5.74, 6) is 0.854. The van der Waals surface area contributed by atoms with Gasteiger partial charge in [0.2, 0.25) is 0 Å². The normalized spacial score (nSPS) is 12.7. The van der Waals surface area contributed by atoms with E-state index in [1.54, 1.807) is 0 Å². The predicted molar refractivity (Wildman–Crippen MR) is 112 cm³/mol. The molecule has 0 fully saturated rings. The van der Waals surface area contributed by atoms with Crippen LogP contribution in [0.5, 0.6) is 5.75 Å². The average molecular weight is 376 g/mol. The minimum Gasteiger partial charge on any atom is -0.491 e. The van der Waals surface area contributed by atoms with Crippen molar-refractivity contribution in [3.05, 3.63) is 58.7 Å². The molecule has 0 saturated heterocycles. The van der Waals surface area contributed by atoms with Crippen LogP contribution in [-0.4, -0.2) is 11.6 Å². The van der Waals surface area contributed by atoms with Gasteiger partial charge >= 0.3 is 18.9 Å². The van der Waals surface area contributed by atoms with Crippen molar-refractivity contribution in [1.82, 2.24) is 0 Å². The third-order valence-electron chi connectivity index (χ3n) is 4.59. The van der Waals surface area contributed by atoms with Crippen LogP contribution in [0.1, 0.15) is 68.1 Å². The Morgan fingerprint density at radius 1 is 1.07 bits per heavy atom. The Morgan fingerprint density at radius 3 is 2.04 bits per heavy atom. The zero-order valence-corrected chi connectivity index (χ0v) is 18.9. The van der Waals surface area contributed by atoms with Crippen LogP contribution >= 0.6 is 8.58 Å². The van der Waals surface area contributed by atoms with Crippen molar-refractivity contribution in [2.75, 3.05) is 0 Å². The molecule has 140 valence electrons. The fourth-order valence-corrected chi connectivity index (χ4v) is 3.82. The van der Waals surface area contributed by atoms with Crippen molar-refractivity contribution in [2.24, 2.45) is 0 Å². The second-order valence-electron chi connectivity index (χ2n) is 7.98. The van der Waals surface area contributed by atoms with Crippen LogP contribution in [0.4, 0.5) is 0 Å². The molecule has 0 amide bonds. The van der Waals surface area contributed by atoms with Crippen LogP contribution in [0.25, 0.3) is 0 Å². The van der Waals surface area contributed by atoms with Crippen molar-refractivity contribution in [3.63, 3.8) is 0 Å². The first kappa shape index (κ1) is 24.0. The van der Waals surface area contributed by atoms with E-state index in [2.05, 4.69) is 46.8 Å². The van der Waals surface area contributed by atoms with E-state index >= 15 is 0 Å². The summed E-state index contributed by atoms with van der Waals surface area (Å²) in [6.07, 6.45) is 1.17. The molecule has 0 radical (unpaired) electrons. The Balaban J connectivity index is 0.00000364. The number of carbonyl (C=O) groups excluding carboxylic acids is 1. The van der Waals surface area contributed by atoms with E-state index < -0.39 is 0 Å². The fourth-order valence-electron chi connectivity index (χ4n) is 2.82. The molecule has 0 bridgehead atoms. The molecule has 1 unspecified atom stereocenters. The van der Waals surface area contributed by atoms with Gasteiger partial charge in [-0.3, -0.25) is 0 Å². The number of ether oxygens (including phenoxy) is 1. The summed E-state index contributed by atoms with van der Waals surface area (Å²) in [5.41, 5.74) is 4.47. The monoisotopic (exact) mass is 376 g/mol. The molecule has 4 heteroatoms. The van der Waals surface area contributed by atoms with Crippen LogP contribution in [0.3, 0.4) is 0 Å². The molecule has 0 aromatic heterocycles. The van der Waals surface area contributed by atoms with Gasteiger partial charge in [0.15, 0.2) is 0 Å². The van der Waals surface area contributed by atoms with Gasteiger partial charge in [0.25, 0.3) is 0 Å². The average Bonchev–Trinajstić information content (AvgIpc) is 2.55. The number of hydrogen-bond acceptors (Lipinski definition) is 2. The molecule has 2 aromatic carbocycles. The molecular weight excluding hydrogens is 346 g/mol. The zero-order valence-electron chi connectivity index (χ0n) is 18.0. The van der Waals surface area contributed by atoms with Gasteiger partial charge < -0.3 is 18.1 Å². The van der Waals surface area contributed by atoms with Gasteiger partial charge in [-0.25, -0.2) is 0 Å². The number of hydrogen-bond donors (Lipinski definition) is 0. The zero-order chi connectivity index (χ0) is 19.5. The summed E-state index contributed by atoms with van der Waals surface area (Å²) in [6, 6.07) is 12.2. The van der Waals surface area contributed by atoms with Crippen molar-refractivity contribution < 1.29 is 28.4 Å². The number of benzene rings is 2.